The maximum Gasteiger partial charge on any atom is 0.0496 e. The van der Waals surface area contributed by atoms with Crippen molar-refractivity contribution in [2.45, 2.75) is 0 Å². The topological polar surface area (TPSA) is 29.0 Å². The van der Waals surface area contributed by atoms with Crippen LogP contribution in [0.15, 0.2) is 116 Å². The summed E-state index contributed by atoms with van der Waals surface area (Å²) in [5.41, 5.74) is 3.50. The van der Waals surface area contributed by atoms with E-state index in [9.17, 15) is 0 Å². The highest BCUT2D eigenvalue weighted by Crippen LogP contribution is 2.33. The first kappa shape index (κ1) is 16.4. The number of hydrogen-bond donors (Lipinski definition) is 0. The highest BCUT2D eigenvalue weighted by Gasteiger charge is 2.10. The van der Waals surface area contributed by atoms with Gasteiger partial charge < -0.3 is 4.90 Å². The minimum atomic E-state index is 1.17. The number of rotatable bonds is 3. The fourth-order valence-corrected chi connectivity index (χ4v) is 2.43. The van der Waals surface area contributed by atoms with E-state index in [1.54, 1.807) is 12.4 Å². The summed E-state index contributed by atoms with van der Waals surface area (Å²) in [7, 11) is 0. The van der Waals surface area contributed by atoms with Crippen LogP contribution in [0, 0.1) is 0 Å². The first-order valence-electron chi connectivity index (χ1n) is 8.12. The fraction of sp³-hybridized carbons (Fsp3) is 0. The van der Waals surface area contributed by atoms with Crippen LogP contribution in [-0.2, 0) is 0 Å². The van der Waals surface area contributed by atoms with E-state index in [-0.39, 0.29) is 0 Å². The Labute approximate surface area is 148 Å². The monoisotopic (exact) mass is 325 g/mol. The Kier molecular flexibility index (Phi) is 5.90. The molecule has 0 aliphatic carbocycles. The third-order valence-corrected chi connectivity index (χ3v) is 3.53. The number of benzene rings is 3. The Hall–Kier alpha value is -3.46. The molecule has 25 heavy (non-hydrogen) atoms. The lowest BCUT2D eigenvalue weighted by Crippen LogP contribution is -2.09. The van der Waals surface area contributed by atoms with Crippen LogP contribution in [0.25, 0.3) is 0 Å². The summed E-state index contributed by atoms with van der Waals surface area (Å²) >= 11 is 0. The molecular weight excluding hydrogens is 306 g/mol. The van der Waals surface area contributed by atoms with Crippen LogP contribution in [0.2, 0.25) is 0 Å². The molecule has 0 unspecified atom stereocenters. The van der Waals surface area contributed by atoms with Gasteiger partial charge in [-0.2, -0.15) is 10.2 Å². The molecule has 3 aromatic carbocycles. The van der Waals surface area contributed by atoms with Gasteiger partial charge in [-0.15, -0.1) is 0 Å². The van der Waals surface area contributed by atoms with Crippen LogP contribution in [-0.4, -0.2) is 10.2 Å². The van der Waals surface area contributed by atoms with Gasteiger partial charge in [-0.3, -0.25) is 0 Å². The van der Waals surface area contributed by atoms with Crippen molar-refractivity contribution >= 4 is 17.1 Å². The molecule has 0 saturated carbocycles. The van der Waals surface area contributed by atoms with Crippen LogP contribution < -0.4 is 4.90 Å². The molecule has 0 saturated heterocycles. The number of nitrogens with zero attached hydrogens (tertiary/aromatic N) is 3. The quantitative estimate of drug-likeness (QED) is 0.488. The fourth-order valence-electron chi connectivity index (χ4n) is 2.43. The van der Waals surface area contributed by atoms with Gasteiger partial charge in [0.2, 0.25) is 0 Å². The van der Waals surface area contributed by atoms with Gasteiger partial charge >= 0.3 is 0 Å². The molecule has 0 spiro atoms. The van der Waals surface area contributed by atoms with Crippen molar-refractivity contribution in [2.24, 2.45) is 0 Å². The summed E-state index contributed by atoms with van der Waals surface area (Å²) in [5, 5.41) is 7.07. The van der Waals surface area contributed by atoms with Crippen molar-refractivity contribution in [2.75, 3.05) is 4.90 Å². The van der Waals surface area contributed by atoms with Gasteiger partial charge in [-0.25, -0.2) is 0 Å². The molecule has 0 aliphatic heterocycles. The van der Waals surface area contributed by atoms with Crippen molar-refractivity contribution in [3.05, 3.63) is 116 Å². The second-order valence-corrected chi connectivity index (χ2v) is 5.26. The number of para-hydroxylation sites is 3. The molecule has 3 nitrogen and oxygen atoms in total. The average molecular weight is 325 g/mol. The van der Waals surface area contributed by atoms with Crippen LogP contribution in [0.1, 0.15) is 0 Å². The van der Waals surface area contributed by atoms with Crippen molar-refractivity contribution in [1.82, 2.24) is 10.2 Å². The molecule has 1 heterocycles. The van der Waals surface area contributed by atoms with E-state index >= 15 is 0 Å². The lowest BCUT2D eigenvalue weighted by Gasteiger charge is -2.25. The molecule has 3 heteroatoms. The summed E-state index contributed by atoms with van der Waals surface area (Å²) in [6.07, 6.45) is 3.28. The lowest BCUT2D eigenvalue weighted by molar-refractivity contribution is 1.03. The van der Waals surface area contributed by atoms with Crippen LogP contribution in [0.5, 0.6) is 0 Å². The maximum absolute atomic E-state index is 3.53. The van der Waals surface area contributed by atoms with Crippen molar-refractivity contribution < 1.29 is 0 Å². The first-order valence-corrected chi connectivity index (χ1v) is 8.12. The normalized spacial score (nSPS) is 9.60. The van der Waals surface area contributed by atoms with Gasteiger partial charge in [0.05, 0.1) is 0 Å². The molecule has 0 aliphatic rings. The second-order valence-electron chi connectivity index (χ2n) is 5.26. The smallest absolute Gasteiger partial charge is 0.0496 e. The van der Waals surface area contributed by atoms with Crippen LogP contribution in [0.4, 0.5) is 17.1 Å². The standard InChI is InChI=1S/C18H15N.C4H4N2/c1-4-10-16(11-5-1)19(17-12-6-2-7-13-17)18-14-8-3-9-15-18;1-2-4-6-5-3-1/h1-15H;1-4H. The van der Waals surface area contributed by atoms with Gasteiger partial charge in [0.1, 0.15) is 0 Å². The Balaban J connectivity index is 0.000000258. The molecular formula is C22H19N3. The summed E-state index contributed by atoms with van der Waals surface area (Å²) in [4.78, 5) is 2.25. The minimum absolute atomic E-state index is 1.17. The lowest BCUT2D eigenvalue weighted by atomic mass is 10.2. The Morgan fingerprint density at radius 2 is 0.720 bits per heavy atom. The van der Waals surface area contributed by atoms with Crippen LogP contribution in [0.3, 0.4) is 0 Å². The summed E-state index contributed by atoms with van der Waals surface area (Å²) < 4.78 is 0. The molecule has 0 fully saturated rings. The largest absolute Gasteiger partial charge is 0.311 e. The summed E-state index contributed by atoms with van der Waals surface area (Å²) in [6, 6.07) is 34.9. The zero-order chi connectivity index (χ0) is 17.2. The molecule has 0 radical (unpaired) electrons. The van der Waals surface area contributed by atoms with Crippen LogP contribution >= 0.6 is 0 Å². The van der Waals surface area contributed by atoms with Gasteiger partial charge in [-0.1, -0.05) is 54.6 Å². The Morgan fingerprint density at radius 3 is 0.960 bits per heavy atom. The third kappa shape index (κ3) is 4.75. The maximum atomic E-state index is 3.53. The number of anilines is 3. The Bertz CT molecular complexity index is 714. The second kappa shape index (κ2) is 8.99. The van der Waals surface area contributed by atoms with E-state index in [1.807, 2.05) is 30.3 Å². The van der Waals surface area contributed by atoms with E-state index in [0.29, 0.717) is 0 Å². The number of hydrogen-bond acceptors (Lipinski definition) is 3. The summed E-state index contributed by atoms with van der Waals surface area (Å²) in [5.74, 6) is 0. The molecule has 1 aromatic heterocycles. The number of aromatic nitrogens is 2. The molecule has 0 atom stereocenters. The van der Waals surface area contributed by atoms with Gasteiger partial charge in [0, 0.05) is 29.5 Å². The van der Waals surface area contributed by atoms with E-state index in [0.717, 1.165) is 0 Å². The predicted molar refractivity (Wildman–Crippen MR) is 103 cm³/mol. The molecule has 0 N–H and O–H groups in total. The Morgan fingerprint density at radius 1 is 0.400 bits per heavy atom. The molecule has 4 rings (SSSR count). The summed E-state index contributed by atoms with van der Waals surface area (Å²) in [6.45, 7) is 0. The first-order chi connectivity index (χ1) is 12.4. The molecule has 0 amide bonds. The van der Waals surface area contributed by atoms with Crippen molar-refractivity contribution in [3.63, 3.8) is 0 Å². The van der Waals surface area contributed by atoms with E-state index in [1.165, 1.54) is 17.1 Å². The van der Waals surface area contributed by atoms with Crippen molar-refractivity contribution in [3.8, 4) is 0 Å². The highest BCUT2D eigenvalue weighted by atomic mass is 15.1. The van der Waals surface area contributed by atoms with Gasteiger partial charge in [-0.05, 0) is 48.5 Å². The minimum Gasteiger partial charge on any atom is -0.311 e. The van der Waals surface area contributed by atoms with Gasteiger partial charge in [0.25, 0.3) is 0 Å². The predicted octanol–water partition coefficient (Wildman–Crippen LogP) is 5.63. The molecule has 0 bridgehead atoms. The third-order valence-electron chi connectivity index (χ3n) is 3.53. The SMILES string of the molecule is c1ccc(N(c2ccccc2)c2ccccc2)cc1.c1ccnnc1. The van der Waals surface area contributed by atoms with Gasteiger partial charge in [0.15, 0.2) is 0 Å². The average Bonchev–Trinajstić information content (AvgIpc) is 2.72. The van der Waals surface area contributed by atoms with Crippen molar-refractivity contribution in [1.29, 1.82) is 0 Å². The van der Waals surface area contributed by atoms with E-state index < -0.39 is 0 Å². The molecule has 4 aromatic rings. The zero-order valence-corrected chi connectivity index (χ0v) is 13.8. The molecule has 122 valence electrons. The zero-order valence-electron chi connectivity index (χ0n) is 13.8. The van der Waals surface area contributed by atoms with E-state index in [2.05, 4.69) is 87.9 Å². The highest BCUT2D eigenvalue weighted by molar-refractivity contribution is 5.76. The van der Waals surface area contributed by atoms with E-state index in [4.69, 9.17) is 0 Å².